The minimum atomic E-state index is 0.213. The van der Waals surface area contributed by atoms with Crippen LogP contribution in [0.5, 0.6) is 0 Å². The number of allylic oxidation sites excluding steroid dienone is 4. The lowest BCUT2D eigenvalue weighted by molar-refractivity contribution is 0.432. The van der Waals surface area contributed by atoms with E-state index in [1.54, 1.807) is 31.2 Å². The zero-order valence-electron chi connectivity index (χ0n) is 8.57. The van der Waals surface area contributed by atoms with Crippen LogP contribution in [0.2, 0.25) is 5.02 Å². The molecule has 0 aromatic heterocycles. The van der Waals surface area contributed by atoms with Crippen molar-refractivity contribution in [1.29, 1.82) is 0 Å². The Kier molecular flexibility index (Phi) is 4.19. The van der Waals surface area contributed by atoms with Gasteiger partial charge in [-0.25, -0.2) is 0 Å². The Bertz CT molecular complexity index is 416. The highest BCUT2D eigenvalue weighted by atomic mass is 35.5. The van der Waals surface area contributed by atoms with E-state index in [9.17, 15) is 5.11 Å². The molecule has 1 aromatic rings. The van der Waals surface area contributed by atoms with Gasteiger partial charge in [0.25, 0.3) is 0 Å². The molecule has 1 rings (SSSR count). The van der Waals surface area contributed by atoms with Crippen molar-refractivity contribution in [2.24, 2.45) is 0 Å². The number of hydrogen-bond donors (Lipinski definition) is 1. The molecule has 1 N–H and O–H groups in total. The number of aliphatic hydroxyl groups is 1. The smallest absolute Gasteiger partial charge is 0.111 e. The number of rotatable bonds is 3. The Hall–Kier alpha value is -1.47. The summed E-state index contributed by atoms with van der Waals surface area (Å²) >= 11 is 5.88. The first-order chi connectivity index (χ1) is 7.17. The summed E-state index contributed by atoms with van der Waals surface area (Å²) in [5.41, 5.74) is 1.78. The number of halogens is 1. The maximum Gasteiger partial charge on any atom is 0.111 e. The highest BCUT2D eigenvalue weighted by molar-refractivity contribution is 6.30. The molecule has 0 aliphatic heterocycles. The molecule has 0 aliphatic carbocycles. The predicted molar refractivity (Wildman–Crippen MR) is 66.0 cm³/mol. The van der Waals surface area contributed by atoms with Crippen LogP contribution in [0.3, 0.4) is 0 Å². The van der Waals surface area contributed by atoms with Crippen molar-refractivity contribution < 1.29 is 5.11 Å². The van der Waals surface area contributed by atoms with Crippen LogP contribution in [-0.2, 0) is 0 Å². The average Bonchev–Trinajstić information content (AvgIpc) is 2.25. The van der Waals surface area contributed by atoms with Crippen molar-refractivity contribution in [2.45, 2.75) is 6.92 Å². The molecule has 0 amide bonds. The largest absolute Gasteiger partial charge is 0.508 e. The minimum absolute atomic E-state index is 0.213. The first-order valence-corrected chi connectivity index (χ1v) is 5.00. The van der Waals surface area contributed by atoms with Crippen LogP contribution in [0.15, 0.2) is 54.8 Å². The Morgan fingerprint density at radius 3 is 2.73 bits per heavy atom. The van der Waals surface area contributed by atoms with Gasteiger partial charge in [-0.3, -0.25) is 0 Å². The van der Waals surface area contributed by atoms with Crippen LogP contribution >= 0.6 is 11.6 Å². The van der Waals surface area contributed by atoms with Gasteiger partial charge >= 0.3 is 0 Å². The fourth-order valence-corrected chi connectivity index (χ4v) is 1.36. The van der Waals surface area contributed by atoms with Crippen molar-refractivity contribution >= 4 is 17.2 Å². The van der Waals surface area contributed by atoms with Crippen molar-refractivity contribution in [3.63, 3.8) is 0 Å². The van der Waals surface area contributed by atoms with Crippen LogP contribution in [-0.4, -0.2) is 5.11 Å². The summed E-state index contributed by atoms with van der Waals surface area (Å²) in [5, 5.41) is 10.1. The maximum atomic E-state index is 9.39. The molecule has 0 bridgehead atoms. The third-order valence-corrected chi connectivity index (χ3v) is 2.21. The Balaban J connectivity index is 3.13. The summed E-state index contributed by atoms with van der Waals surface area (Å²) in [7, 11) is 0. The van der Waals surface area contributed by atoms with Gasteiger partial charge in [-0.2, -0.15) is 0 Å². The minimum Gasteiger partial charge on any atom is -0.508 e. The summed E-state index contributed by atoms with van der Waals surface area (Å²) in [6, 6.07) is 7.42. The van der Waals surface area contributed by atoms with Gasteiger partial charge in [0.1, 0.15) is 5.76 Å². The first kappa shape index (κ1) is 11.6. The second-order valence-corrected chi connectivity index (χ2v) is 3.46. The van der Waals surface area contributed by atoms with Gasteiger partial charge in [0, 0.05) is 5.02 Å². The van der Waals surface area contributed by atoms with E-state index >= 15 is 0 Å². The van der Waals surface area contributed by atoms with Crippen molar-refractivity contribution in [1.82, 2.24) is 0 Å². The number of aliphatic hydroxyl groups excluding tert-OH is 1. The van der Waals surface area contributed by atoms with E-state index in [1.165, 1.54) is 0 Å². The van der Waals surface area contributed by atoms with Crippen molar-refractivity contribution in [3.05, 3.63) is 65.4 Å². The molecule has 2 heteroatoms. The Labute approximate surface area is 95.0 Å². The van der Waals surface area contributed by atoms with E-state index in [2.05, 4.69) is 6.58 Å². The van der Waals surface area contributed by atoms with Gasteiger partial charge in [0.15, 0.2) is 0 Å². The van der Waals surface area contributed by atoms with Crippen LogP contribution < -0.4 is 0 Å². The van der Waals surface area contributed by atoms with Gasteiger partial charge < -0.3 is 5.11 Å². The van der Waals surface area contributed by atoms with E-state index in [-0.39, 0.29) is 5.76 Å². The second kappa shape index (κ2) is 5.42. The summed E-state index contributed by atoms with van der Waals surface area (Å²) < 4.78 is 0. The van der Waals surface area contributed by atoms with Crippen molar-refractivity contribution in [3.8, 4) is 0 Å². The third-order valence-electron chi connectivity index (χ3n) is 1.98. The zero-order chi connectivity index (χ0) is 11.3. The summed E-state index contributed by atoms with van der Waals surface area (Å²) in [6.45, 7) is 5.47. The van der Waals surface area contributed by atoms with Crippen LogP contribution in [0.1, 0.15) is 12.5 Å². The molecule has 0 spiro atoms. The molecule has 1 nitrogen and oxygen atoms in total. The number of benzene rings is 1. The number of hydrogen-bond acceptors (Lipinski definition) is 1. The second-order valence-electron chi connectivity index (χ2n) is 3.03. The van der Waals surface area contributed by atoms with E-state index < -0.39 is 0 Å². The lowest BCUT2D eigenvalue weighted by Crippen LogP contribution is -1.82. The van der Waals surface area contributed by atoms with E-state index in [4.69, 9.17) is 11.6 Å². The normalized spacial score (nSPS) is 12.7. The fraction of sp³-hybridized carbons (Fsp3) is 0.0769. The summed E-state index contributed by atoms with van der Waals surface area (Å²) in [5.74, 6) is 0.213. The van der Waals surface area contributed by atoms with Gasteiger partial charge in [-0.1, -0.05) is 36.4 Å². The molecule has 0 fully saturated rings. The molecule has 0 saturated carbocycles. The molecular formula is C13H13ClO. The molecule has 0 heterocycles. The molecule has 0 atom stereocenters. The molecule has 78 valence electrons. The third kappa shape index (κ3) is 3.30. The fourth-order valence-electron chi connectivity index (χ4n) is 1.17. The maximum absolute atomic E-state index is 9.39. The molecule has 0 saturated heterocycles. The lowest BCUT2D eigenvalue weighted by atomic mass is 10.1. The monoisotopic (exact) mass is 220 g/mol. The highest BCUT2D eigenvalue weighted by Gasteiger charge is 1.98. The van der Waals surface area contributed by atoms with Gasteiger partial charge in [0.05, 0.1) is 0 Å². The van der Waals surface area contributed by atoms with Gasteiger partial charge in [-0.15, -0.1) is 0 Å². The standard InChI is InChI=1S/C13H13ClO/c1-3-10(9-13(15)4-2)11-6-5-7-12(14)8-11/h3-9,15H,1H2,2H3/b10-9+,13-4+. The molecule has 15 heavy (non-hydrogen) atoms. The highest BCUT2D eigenvalue weighted by Crippen LogP contribution is 2.20. The van der Waals surface area contributed by atoms with Crippen molar-refractivity contribution in [2.75, 3.05) is 0 Å². The van der Waals surface area contributed by atoms with E-state index in [0.717, 1.165) is 11.1 Å². The van der Waals surface area contributed by atoms with E-state index in [1.807, 2.05) is 18.2 Å². The van der Waals surface area contributed by atoms with Crippen LogP contribution in [0.25, 0.3) is 5.57 Å². The van der Waals surface area contributed by atoms with Crippen LogP contribution in [0.4, 0.5) is 0 Å². The Morgan fingerprint density at radius 1 is 1.47 bits per heavy atom. The zero-order valence-corrected chi connectivity index (χ0v) is 9.33. The Morgan fingerprint density at radius 2 is 2.20 bits per heavy atom. The predicted octanol–water partition coefficient (Wildman–Crippen LogP) is 4.37. The van der Waals surface area contributed by atoms with Crippen LogP contribution in [0, 0.1) is 0 Å². The molecular weight excluding hydrogens is 208 g/mol. The quantitative estimate of drug-likeness (QED) is 0.592. The van der Waals surface area contributed by atoms with Gasteiger partial charge in [0.2, 0.25) is 0 Å². The average molecular weight is 221 g/mol. The molecule has 0 aliphatic rings. The molecule has 0 radical (unpaired) electrons. The van der Waals surface area contributed by atoms with E-state index in [0.29, 0.717) is 5.02 Å². The first-order valence-electron chi connectivity index (χ1n) is 4.62. The topological polar surface area (TPSA) is 20.2 Å². The molecule has 1 aromatic carbocycles. The van der Waals surface area contributed by atoms with Gasteiger partial charge in [-0.05, 0) is 42.3 Å². The molecule has 0 unspecified atom stereocenters. The lowest BCUT2D eigenvalue weighted by Gasteiger charge is -2.02. The summed E-state index contributed by atoms with van der Waals surface area (Å²) in [6.07, 6.45) is 4.96. The SMILES string of the molecule is C=C/C(=C\C(O)=C/C)c1cccc(Cl)c1. The summed E-state index contributed by atoms with van der Waals surface area (Å²) in [4.78, 5) is 0.